The van der Waals surface area contributed by atoms with Crippen LogP contribution in [0.3, 0.4) is 0 Å². The third kappa shape index (κ3) is 1.48. The molecular formula is C16H17NO3. The number of piperidine rings is 1. The number of rotatable bonds is 0. The van der Waals surface area contributed by atoms with Crippen LogP contribution in [0, 0.1) is 11.8 Å². The largest absolute Gasteiger partial charge is 0.449 e. The number of carbonyl (C=O) groups excluding carboxylic acids is 1. The van der Waals surface area contributed by atoms with Crippen molar-refractivity contribution in [1.82, 2.24) is 4.90 Å². The first-order valence-electron chi connectivity index (χ1n) is 7.27. The lowest BCUT2D eigenvalue weighted by atomic mass is 9.77. The molecule has 104 valence electrons. The van der Waals surface area contributed by atoms with Gasteiger partial charge in [-0.15, -0.1) is 0 Å². The Balaban J connectivity index is 1.83. The van der Waals surface area contributed by atoms with E-state index in [0.29, 0.717) is 12.1 Å². The van der Waals surface area contributed by atoms with Crippen LogP contribution >= 0.6 is 0 Å². The van der Waals surface area contributed by atoms with Gasteiger partial charge in [0.1, 0.15) is 6.61 Å². The third-order valence-corrected chi connectivity index (χ3v) is 4.97. The Hall–Kier alpha value is -1.57. The van der Waals surface area contributed by atoms with E-state index in [4.69, 9.17) is 9.84 Å². The molecule has 0 aromatic carbocycles. The van der Waals surface area contributed by atoms with Crippen LogP contribution in [0.5, 0.6) is 0 Å². The zero-order valence-electron chi connectivity index (χ0n) is 11.3. The maximum Gasteiger partial charge on any atom is 0.332 e. The molecule has 4 aliphatic rings. The lowest BCUT2D eigenvalue weighted by molar-refractivity contribution is -0.148. The molecule has 3 aliphatic heterocycles. The van der Waals surface area contributed by atoms with Gasteiger partial charge in [0.25, 0.3) is 0 Å². The van der Waals surface area contributed by atoms with Gasteiger partial charge in [0.05, 0.1) is 6.04 Å². The predicted molar refractivity (Wildman–Crippen MR) is 72.6 cm³/mol. The van der Waals surface area contributed by atoms with Gasteiger partial charge in [-0.25, -0.2) is 4.79 Å². The molecule has 20 heavy (non-hydrogen) atoms. The first kappa shape index (κ1) is 12.2. The van der Waals surface area contributed by atoms with Crippen LogP contribution in [0.1, 0.15) is 25.7 Å². The molecule has 2 bridgehead atoms. The molecule has 1 N–H and O–H groups in total. The van der Waals surface area contributed by atoms with Crippen LogP contribution in [0.15, 0.2) is 23.3 Å². The molecule has 2 fully saturated rings. The highest BCUT2D eigenvalue weighted by Crippen LogP contribution is 2.53. The molecule has 2 saturated heterocycles. The second kappa shape index (κ2) is 4.21. The zero-order valence-corrected chi connectivity index (χ0v) is 11.3. The van der Waals surface area contributed by atoms with Crippen molar-refractivity contribution in [2.45, 2.75) is 43.4 Å². The summed E-state index contributed by atoms with van der Waals surface area (Å²) in [6.07, 6.45) is 8.10. The lowest BCUT2D eigenvalue weighted by Gasteiger charge is -2.38. The molecule has 0 aromatic heterocycles. The van der Waals surface area contributed by atoms with E-state index in [1.165, 1.54) is 12.8 Å². The average molecular weight is 271 g/mol. The molecule has 0 saturated carbocycles. The molecular weight excluding hydrogens is 254 g/mol. The summed E-state index contributed by atoms with van der Waals surface area (Å²) in [5.74, 6) is 5.46. The van der Waals surface area contributed by atoms with Gasteiger partial charge in [-0.05, 0) is 19.4 Å². The van der Waals surface area contributed by atoms with Crippen LogP contribution in [-0.2, 0) is 9.53 Å². The molecule has 3 atom stereocenters. The molecule has 4 rings (SSSR count). The fourth-order valence-electron chi connectivity index (χ4n) is 4.31. The van der Waals surface area contributed by atoms with E-state index >= 15 is 0 Å². The smallest absolute Gasteiger partial charge is 0.332 e. The Morgan fingerprint density at radius 1 is 1.50 bits per heavy atom. The number of hydrogen-bond acceptors (Lipinski definition) is 4. The number of fused-ring (bicyclic) bond motifs is 3. The third-order valence-electron chi connectivity index (χ3n) is 4.97. The summed E-state index contributed by atoms with van der Waals surface area (Å²) in [6, 6.07) is 0.606. The van der Waals surface area contributed by atoms with Crippen molar-refractivity contribution in [3.05, 3.63) is 23.3 Å². The van der Waals surface area contributed by atoms with E-state index < -0.39 is 5.60 Å². The highest BCUT2D eigenvalue weighted by molar-refractivity contribution is 5.90. The van der Waals surface area contributed by atoms with Crippen molar-refractivity contribution in [3.63, 3.8) is 0 Å². The number of ether oxygens (including phenoxy) is 1. The summed E-state index contributed by atoms with van der Waals surface area (Å²) in [4.78, 5) is 14.3. The van der Waals surface area contributed by atoms with Crippen molar-refractivity contribution < 1.29 is 14.6 Å². The molecule has 0 aromatic rings. The van der Waals surface area contributed by atoms with Gasteiger partial charge in [0.2, 0.25) is 0 Å². The number of carbonyl (C=O) groups is 1. The first-order valence-corrected chi connectivity index (χ1v) is 7.27. The zero-order chi connectivity index (χ0) is 13.7. The second-order valence-corrected chi connectivity index (χ2v) is 5.93. The minimum atomic E-state index is -0.476. The summed E-state index contributed by atoms with van der Waals surface area (Å²) in [7, 11) is 0. The highest BCUT2D eigenvalue weighted by atomic mass is 16.6. The van der Waals surface area contributed by atoms with Crippen LogP contribution < -0.4 is 0 Å². The van der Waals surface area contributed by atoms with Gasteiger partial charge in [0.15, 0.2) is 5.60 Å². The molecule has 4 heteroatoms. The molecule has 3 heterocycles. The second-order valence-electron chi connectivity index (χ2n) is 5.93. The van der Waals surface area contributed by atoms with Gasteiger partial charge >= 0.3 is 5.97 Å². The molecule has 3 unspecified atom stereocenters. The number of aliphatic hydroxyl groups is 1. The standard InChI is InChI=1S/C16H17NO3/c18-7-3-4-11-8-12-10-16(13(11)9-15(19)20-16)14-5-1-2-6-17(12)14/h8-9,12,14,18H,1-2,5-7,10H2. The quantitative estimate of drug-likeness (QED) is 0.522. The van der Waals surface area contributed by atoms with Crippen molar-refractivity contribution >= 4 is 5.97 Å². The SMILES string of the molecule is O=C1C=C2C(C#CCO)=CC3CC2(O1)C1CCCCN31. The van der Waals surface area contributed by atoms with E-state index in [9.17, 15) is 4.79 Å². The van der Waals surface area contributed by atoms with E-state index in [0.717, 1.165) is 30.5 Å². The topological polar surface area (TPSA) is 49.8 Å². The lowest BCUT2D eigenvalue weighted by Crippen LogP contribution is -2.48. The molecule has 1 spiro atoms. The van der Waals surface area contributed by atoms with E-state index in [-0.39, 0.29) is 12.6 Å². The van der Waals surface area contributed by atoms with Crippen molar-refractivity contribution in [2.75, 3.05) is 13.2 Å². The van der Waals surface area contributed by atoms with E-state index in [2.05, 4.69) is 22.8 Å². The van der Waals surface area contributed by atoms with E-state index in [1.54, 1.807) is 6.08 Å². The van der Waals surface area contributed by atoms with Crippen LogP contribution in [0.4, 0.5) is 0 Å². The van der Waals surface area contributed by atoms with Crippen molar-refractivity contribution in [1.29, 1.82) is 0 Å². The molecule has 1 aliphatic carbocycles. The molecule has 4 nitrogen and oxygen atoms in total. The summed E-state index contributed by atoms with van der Waals surface area (Å²) < 4.78 is 5.78. The summed E-state index contributed by atoms with van der Waals surface area (Å²) in [5, 5.41) is 8.91. The Morgan fingerprint density at radius 2 is 2.40 bits per heavy atom. The van der Waals surface area contributed by atoms with Crippen molar-refractivity contribution in [3.8, 4) is 11.8 Å². The Labute approximate surface area is 118 Å². The number of hydrogen-bond donors (Lipinski definition) is 1. The van der Waals surface area contributed by atoms with Crippen LogP contribution in [0.25, 0.3) is 0 Å². The fourth-order valence-corrected chi connectivity index (χ4v) is 4.31. The van der Waals surface area contributed by atoms with E-state index in [1.807, 2.05) is 0 Å². The average Bonchev–Trinajstić information content (AvgIpc) is 2.93. The van der Waals surface area contributed by atoms with Gasteiger partial charge in [-0.3, -0.25) is 4.90 Å². The monoisotopic (exact) mass is 271 g/mol. The van der Waals surface area contributed by atoms with Gasteiger partial charge < -0.3 is 9.84 Å². The van der Waals surface area contributed by atoms with Crippen molar-refractivity contribution in [2.24, 2.45) is 0 Å². The van der Waals surface area contributed by atoms with Crippen LogP contribution in [-0.4, -0.2) is 46.8 Å². The van der Waals surface area contributed by atoms with Gasteiger partial charge in [-0.1, -0.05) is 24.3 Å². The maximum atomic E-state index is 11.8. The molecule has 0 radical (unpaired) electrons. The summed E-state index contributed by atoms with van der Waals surface area (Å²) in [5.41, 5.74) is 1.33. The summed E-state index contributed by atoms with van der Waals surface area (Å²) >= 11 is 0. The number of aliphatic hydroxyl groups excluding tert-OH is 1. The maximum absolute atomic E-state index is 11.8. The minimum Gasteiger partial charge on any atom is -0.449 e. The van der Waals surface area contributed by atoms with Crippen LogP contribution in [0.2, 0.25) is 0 Å². The highest BCUT2D eigenvalue weighted by Gasteiger charge is 2.61. The first-order chi connectivity index (χ1) is 9.74. The Morgan fingerprint density at radius 3 is 3.25 bits per heavy atom. The summed E-state index contributed by atoms with van der Waals surface area (Å²) in [6.45, 7) is 0.906. The predicted octanol–water partition coefficient (Wildman–Crippen LogP) is 0.771. The number of esters is 1. The normalized spacial score (nSPS) is 38.1. The number of nitrogens with zero attached hydrogens (tertiary/aromatic N) is 1. The minimum absolute atomic E-state index is 0.162. The Kier molecular flexibility index (Phi) is 2.57. The van der Waals surface area contributed by atoms with Gasteiger partial charge in [-0.2, -0.15) is 0 Å². The fraction of sp³-hybridized carbons (Fsp3) is 0.562. The van der Waals surface area contributed by atoms with Gasteiger partial charge in [0, 0.05) is 29.7 Å². The molecule has 0 amide bonds. The Bertz CT molecular complexity index is 595.